The summed E-state index contributed by atoms with van der Waals surface area (Å²) in [4.78, 5) is 58.5. The molecule has 0 bridgehead atoms. The molecule has 0 aromatic carbocycles. The Balaban J connectivity index is 4.30. The highest BCUT2D eigenvalue weighted by Gasteiger charge is 2.29. The molecule has 99 heavy (non-hydrogen) atoms. The van der Waals surface area contributed by atoms with Gasteiger partial charge in [-0.1, -0.05) is 324 Å². The molecule has 0 spiro atoms. The van der Waals surface area contributed by atoms with Crippen LogP contribution in [0, 0.1) is 0 Å². The molecule has 0 aromatic heterocycles. The fourth-order valence-corrected chi connectivity index (χ4v) is 12.6. The van der Waals surface area contributed by atoms with Gasteiger partial charge in [0.1, 0.15) is 25.4 Å². The van der Waals surface area contributed by atoms with Crippen LogP contribution in [0.25, 0.3) is 0 Å². The molecule has 576 valence electrons. The van der Waals surface area contributed by atoms with Crippen molar-refractivity contribution >= 4 is 33.6 Å². The zero-order valence-corrected chi connectivity index (χ0v) is 64.7. The topological polar surface area (TPSA) is 231 Å². The first-order valence-corrected chi connectivity index (χ1v) is 42.9. The van der Waals surface area contributed by atoms with Crippen molar-refractivity contribution in [3.05, 3.63) is 85.1 Å². The number of hydrogen-bond acceptors (Lipinski definition) is 14. The third-order valence-corrected chi connectivity index (χ3v) is 19.0. The first-order chi connectivity index (χ1) is 48.2. The van der Waals surface area contributed by atoms with E-state index in [-0.39, 0.29) is 19.3 Å². The van der Waals surface area contributed by atoms with E-state index in [4.69, 9.17) is 32.3 Å². The van der Waals surface area contributed by atoms with Gasteiger partial charge in [-0.05, 0) is 96.3 Å². The van der Waals surface area contributed by atoms with E-state index in [0.29, 0.717) is 19.3 Å². The average molecular weight is 1440 g/mol. The quantitative estimate of drug-likeness (QED) is 0.0146. The first kappa shape index (κ1) is 95.7. The summed E-state index contributed by atoms with van der Waals surface area (Å²) in [5.41, 5.74) is 0. The summed E-state index contributed by atoms with van der Waals surface area (Å²) in [6.07, 6.45) is 83.8. The summed E-state index contributed by atoms with van der Waals surface area (Å²) >= 11 is 0. The Morgan fingerprint density at radius 2 is 0.535 bits per heavy atom. The van der Waals surface area contributed by atoms with E-state index >= 15 is 0 Å². The van der Waals surface area contributed by atoms with Crippen LogP contribution in [0.1, 0.15) is 355 Å². The van der Waals surface area contributed by atoms with Crippen molar-refractivity contribution in [2.24, 2.45) is 0 Å². The number of carbonyl (C=O) groups excluding carboxylic acids is 3. The SMILES string of the molecule is CC/C=C\C/C=C\C/C=C\CCCCCCCC(=O)OCC(COP(=O)(O)OCC(O)COP(=O)(O)OCC(O)COC(=O)CCCCCCCCCCCCCCCCCCCCC/C=C\C/C=C\C/C=C\C/C=C\CCCCC)OC(=O)CCCCCCCCCCCCCCC. The Hall–Kier alpha value is -3.27. The van der Waals surface area contributed by atoms with Gasteiger partial charge in [0.05, 0.1) is 26.4 Å². The van der Waals surface area contributed by atoms with E-state index in [0.717, 1.165) is 116 Å². The number of rotatable bonds is 76. The van der Waals surface area contributed by atoms with Gasteiger partial charge in [-0.2, -0.15) is 0 Å². The number of aliphatic hydroxyl groups excluding tert-OH is 2. The lowest BCUT2D eigenvalue weighted by atomic mass is 10.0. The van der Waals surface area contributed by atoms with Crippen LogP contribution in [0.2, 0.25) is 0 Å². The lowest BCUT2D eigenvalue weighted by Crippen LogP contribution is -2.30. The van der Waals surface area contributed by atoms with Gasteiger partial charge in [0.15, 0.2) is 6.10 Å². The predicted octanol–water partition coefficient (Wildman–Crippen LogP) is 23.2. The standard InChI is InChI=1S/C81H146O16P2/c1-4-7-10-13-16-19-22-25-27-28-29-30-31-32-33-34-35-36-37-38-39-40-41-42-43-44-45-46-48-51-52-55-58-61-64-67-79(84)91-70-76(82)71-93-98(87,88)94-72-77(83)73-95-99(89,90)96-75-78(97-81(86)69-66-63-60-57-54-49-24-21-18-15-12-9-6-3)74-92-80(85)68-65-62-59-56-53-50-47-26-23-20-17-14-11-8-5-2/h8,11,16-17,19-20,25-27,29-30,32-33,47,76-78,82-83H,4-7,9-10,12-15,18,21-24,28,31,34-46,48-75H2,1-3H3,(H,87,88)(H,89,90)/b11-8-,19-16-,20-17-,27-25-,30-29-,33-32-,47-26-. The molecule has 4 N–H and O–H groups in total. The molecule has 0 amide bonds. The third kappa shape index (κ3) is 75.7. The zero-order valence-electron chi connectivity index (χ0n) is 62.9. The van der Waals surface area contributed by atoms with E-state index in [1.165, 1.54) is 180 Å². The highest BCUT2D eigenvalue weighted by atomic mass is 31.2. The second-order valence-corrected chi connectivity index (χ2v) is 29.8. The van der Waals surface area contributed by atoms with E-state index in [2.05, 4.69) is 106 Å². The number of phosphoric ester groups is 2. The molecule has 0 fully saturated rings. The zero-order chi connectivity index (χ0) is 72.3. The van der Waals surface area contributed by atoms with Crippen LogP contribution < -0.4 is 0 Å². The van der Waals surface area contributed by atoms with Crippen molar-refractivity contribution < 1.29 is 75.8 Å². The Bertz CT molecular complexity index is 2140. The maximum Gasteiger partial charge on any atom is 0.472 e. The Morgan fingerprint density at radius 3 is 0.869 bits per heavy atom. The van der Waals surface area contributed by atoms with E-state index < -0.39 is 91.5 Å². The maximum atomic E-state index is 12.9. The number of ether oxygens (including phenoxy) is 3. The largest absolute Gasteiger partial charge is 0.472 e. The Morgan fingerprint density at radius 1 is 0.293 bits per heavy atom. The van der Waals surface area contributed by atoms with Crippen molar-refractivity contribution in [1.29, 1.82) is 0 Å². The number of aliphatic hydroxyl groups is 2. The van der Waals surface area contributed by atoms with Gasteiger partial charge in [-0.25, -0.2) is 9.13 Å². The van der Waals surface area contributed by atoms with Crippen LogP contribution in [-0.4, -0.2) is 95.9 Å². The lowest BCUT2D eigenvalue weighted by Gasteiger charge is -2.21. The summed E-state index contributed by atoms with van der Waals surface area (Å²) in [6, 6.07) is 0. The van der Waals surface area contributed by atoms with Gasteiger partial charge in [-0.15, -0.1) is 0 Å². The molecule has 0 aliphatic rings. The molecular formula is C81H146O16P2. The predicted molar refractivity (Wildman–Crippen MR) is 408 cm³/mol. The number of unbranched alkanes of at least 4 members (excludes halogenated alkanes) is 39. The molecule has 16 nitrogen and oxygen atoms in total. The minimum absolute atomic E-state index is 0.105. The number of hydrogen-bond donors (Lipinski definition) is 4. The summed E-state index contributed by atoms with van der Waals surface area (Å²) < 4.78 is 61.0. The molecule has 18 heteroatoms. The molecule has 0 rings (SSSR count). The Labute approximate surface area is 604 Å². The lowest BCUT2D eigenvalue weighted by molar-refractivity contribution is -0.161. The summed E-state index contributed by atoms with van der Waals surface area (Å²) in [5, 5.41) is 20.6. The molecule has 0 saturated carbocycles. The molecule has 0 aliphatic carbocycles. The number of allylic oxidation sites excluding steroid dienone is 14. The minimum Gasteiger partial charge on any atom is -0.463 e. The van der Waals surface area contributed by atoms with Gasteiger partial charge in [0, 0.05) is 19.3 Å². The molecule has 5 atom stereocenters. The molecule has 0 heterocycles. The molecule has 0 aromatic rings. The van der Waals surface area contributed by atoms with E-state index in [1.807, 2.05) is 0 Å². The average Bonchev–Trinajstić information content (AvgIpc) is 1.08. The maximum absolute atomic E-state index is 12.9. The highest BCUT2D eigenvalue weighted by Crippen LogP contribution is 2.45. The monoisotopic (exact) mass is 1440 g/mol. The molecule has 5 unspecified atom stereocenters. The van der Waals surface area contributed by atoms with Gasteiger partial charge in [0.2, 0.25) is 0 Å². The van der Waals surface area contributed by atoms with Gasteiger partial charge in [0.25, 0.3) is 0 Å². The minimum atomic E-state index is -4.92. The van der Waals surface area contributed by atoms with Crippen LogP contribution in [0.15, 0.2) is 85.1 Å². The summed E-state index contributed by atoms with van der Waals surface area (Å²) in [6.45, 7) is 2.56. The van der Waals surface area contributed by atoms with Gasteiger partial charge >= 0.3 is 33.6 Å². The number of esters is 3. The van der Waals surface area contributed by atoms with Crippen LogP contribution in [0.4, 0.5) is 0 Å². The fourth-order valence-electron chi connectivity index (χ4n) is 11.0. The highest BCUT2D eigenvalue weighted by molar-refractivity contribution is 7.47. The first-order valence-electron chi connectivity index (χ1n) is 39.9. The summed E-state index contributed by atoms with van der Waals surface area (Å²) in [5.74, 6) is -1.58. The Kier molecular flexibility index (Phi) is 72.0. The molecule has 0 aliphatic heterocycles. The van der Waals surface area contributed by atoms with Gasteiger partial charge < -0.3 is 34.2 Å². The van der Waals surface area contributed by atoms with Crippen molar-refractivity contribution in [2.75, 3.05) is 39.6 Å². The number of carbonyl (C=O) groups is 3. The van der Waals surface area contributed by atoms with Gasteiger partial charge in [-0.3, -0.25) is 32.5 Å². The second-order valence-electron chi connectivity index (χ2n) is 26.8. The van der Waals surface area contributed by atoms with Crippen LogP contribution in [0.5, 0.6) is 0 Å². The second kappa shape index (κ2) is 74.4. The smallest absolute Gasteiger partial charge is 0.463 e. The van der Waals surface area contributed by atoms with Crippen LogP contribution in [0.3, 0.4) is 0 Å². The van der Waals surface area contributed by atoms with Crippen molar-refractivity contribution in [2.45, 2.75) is 373 Å². The fraction of sp³-hybridized carbons (Fsp3) is 0.790. The molecular weight excluding hydrogens is 1290 g/mol. The molecule has 0 saturated heterocycles. The third-order valence-electron chi connectivity index (χ3n) is 17.1. The molecule has 0 radical (unpaired) electrons. The van der Waals surface area contributed by atoms with E-state index in [9.17, 15) is 43.5 Å². The van der Waals surface area contributed by atoms with Crippen molar-refractivity contribution in [3.63, 3.8) is 0 Å². The van der Waals surface area contributed by atoms with E-state index in [1.54, 1.807) is 0 Å². The number of phosphoric acid groups is 2. The van der Waals surface area contributed by atoms with Crippen molar-refractivity contribution in [3.8, 4) is 0 Å². The summed E-state index contributed by atoms with van der Waals surface area (Å²) in [7, 11) is -9.77. The van der Waals surface area contributed by atoms with Crippen molar-refractivity contribution in [1.82, 2.24) is 0 Å². The van der Waals surface area contributed by atoms with Crippen LogP contribution >= 0.6 is 15.6 Å². The normalized spacial score (nSPS) is 14.5. The van der Waals surface area contributed by atoms with Crippen LogP contribution in [-0.2, 0) is 55.8 Å².